The fourth-order valence-corrected chi connectivity index (χ4v) is 2.37. The summed E-state index contributed by atoms with van der Waals surface area (Å²) in [5.74, 6) is 0. The summed E-state index contributed by atoms with van der Waals surface area (Å²) in [5.41, 5.74) is 2.59. The number of nitrogens with zero attached hydrogens (tertiary/aromatic N) is 2. The minimum absolute atomic E-state index is 0.446. The molecule has 1 heterocycles. The highest BCUT2D eigenvalue weighted by molar-refractivity contribution is 9.10. The lowest BCUT2D eigenvalue weighted by atomic mass is 10.1. The predicted octanol–water partition coefficient (Wildman–Crippen LogP) is 3.39. The Hall–Kier alpha value is -1.13. The van der Waals surface area contributed by atoms with Gasteiger partial charge in [0.15, 0.2) is 0 Å². The molecular formula is C15H20BrN3. The Bertz CT molecular complexity index is 504. The summed E-state index contributed by atoms with van der Waals surface area (Å²) in [6, 6.07) is 8.96. The predicted molar refractivity (Wildman–Crippen MR) is 82.0 cm³/mol. The third-order valence-electron chi connectivity index (χ3n) is 3.23. The number of aryl methyl sites for hydroxylation is 1. The number of rotatable bonds is 6. The van der Waals surface area contributed by atoms with E-state index in [-0.39, 0.29) is 0 Å². The maximum atomic E-state index is 4.18. The second-order valence-electron chi connectivity index (χ2n) is 4.78. The number of nitrogens with one attached hydrogen (secondary N) is 1. The van der Waals surface area contributed by atoms with Gasteiger partial charge in [-0.3, -0.25) is 0 Å². The molecule has 19 heavy (non-hydrogen) atoms. The van der Waals surface area contributed by atoms with E-state index in [0.717, 1.165) is 24.0 Å². The molecule has 0 saturated heterocycles. The van der Waals surface area contributed by atoms with Crippen LogP contribution in [0.4, 0.5) is 0 Å². The number of hydrogen-bond acceptors (Lipinski definition) is 2. The lowest BCUT2D eigenvalue weighted by molar-refractivity contribution is 0.527. The van der Waals surface area contributed by atoms with Crippen LogP contribution in [-0.2, 0) is 19.5 Å². The topological polar surface area (TPSA) is 29.9 Å². The van der Waals surface area contributed by atoms with Crippen molar-refractivity contribution < 1.29 is 0 Å². The van der Waals surface area contributed by atoms with Crippen molar-refractivity contribution in [1.29, 1.82) is 0 Å². The number of imidazole rings is 1. The number of benzene rings is 1. The highest BCUT2D eigenvalue weighted by Gasteiger charge is 2.05. The lowest BCUT2D eigenvalue weighted by Crippen LogP contribution is -2.28. The molecule has 2 aromatic rings. The van der Waals surface area contributed by atoms with Gasteiger partial charge in [0, 0.05) is 29.8 Å². The second kappa shape index (κ2) is 6.87. The van der Waals surface area contributed by atoms with Crippen molar-refractivity contribution in [3.8, 4) is 0 Å². The zero-order valence-corrected chi connectivity index (χ0v) is 13.0. The van der Waals surface area contributed by atoms with Crippen LogP contribution in [0.3, 0.4) is 0 Å². The lowest BCUT2D eigenvalue weighted by Gasteiger charge is -2.14. The molecule has 1 aromatic heterocycles. The van der Waals surface area contributed by atoms with Gasteiger partial charge in [0.05, 0.1) is 12.0 Å². The van der Waals surface area contributed by atoms with Crippen LogP contribution in [-0.4, -0.2) is 15.6 Å². The Morgan fingerprint density at radius 3 is 2.74 bits per heavy atom. The van der Waals surface area contributed by atoms with Crippen LogP contribution in [0, 0.1) is 0 Å². The van der Waals surface area contributed by atoms with Crippen LogP contribution < -0.4 is 5.32 Å². The van der Waals surface area contributed by atoms with E-state index in [1.807, 2.05) is 12.5 Å². The zero-order valence-electron chi connectivity index (χ0n) is 11.4. The largest absolute Gasteiger partial charge is 0.334 e. The molecule has 0 aliphatic heterocycles. The summed E-state index contributed by atoms with van der Waals surface area (Å²) >= 11 is 3.46. The Kier molecular flexibility index (Phi) is 5.16. The van der Waals surface area contributed by atoms with Gasteiger partial charge in [-0.15, -0.1) is 0 Å². The van der Waals surface area contributed by atoms with Gasteiger partial charge in [0.25, 0.3) is 0 Å². The van der Waals surface area contributed by atoms with Gasteiger partial charge in [0.1, 0.15) is 0 Å². The summed E-state index contributed by atoms with van der Waals surface area (Å²) < 4.78 is 3.29. The summed E-state index contributed by atoms with van der Waals surface area (Å²) in [4.78, 5) is 4.18. The van der Waals surface area contributed by atoms with Crippen molar-refractivity contribution in [2.24, 2.45) is 0 Å². The minimum Gasteiger partial charge on any atom is -0.334 e. The molecule has 1 atom stereocenters. The van der Waals surface area contributed by atoms with Gasteiger partial charge in [-0.05, 0) is 38.0 Å². The Morgan fingerprint density at radius 1 is 1.32 bits per heavy atom. The van der Waals surface area contributed by atoms with Crippen molar-refractivity contribution >= 4 is 15.9 Å². The SMILES string of the molecule is CCn1cncc1CNC(C)Cc1ccc(Br)cc1. The summed E-state index contributed by atoms with van der Waals surface area (Å²) in [6.45, 7) is 6.19. The van der Waals surface area contributed by atoms with Gasteiger partial charge in [-0.1, -0.05) is 28.1 Å². The van der Waals surface area contributed by atoms with Gasteiger partial charge in [0.2, 0.25) is 0 Å². The molecule has 0 spiro atoms. The number of hydrogen-bond donors (Lipinski definition) is 1. The summed E-state index contributed by atoms with van der Waals surface area (Å²) in [7, 11) is 0. The first-order chi connectivity index (χ1) is 9.19. The molecule has 0 aliphatic carbocycles. The van der Waals surface area contributed by atoms with Crippen LogP contribution in [0.2, 0.25) is 0 Å². The van der Waals surface area contributed by atoms with E-state index in [4.69, 9.17) is 0 Å². The third-order valence-corrected chi connectivity index (χ3v) is 3.75. The van der Waals surface area contributed by atoms with E-state index < -0.39 is 0 Å². The fourth-order valence-electron chi connectivity index (χ4n) is 2.11. The molecule has 0 radical (unpaired) electrons. The maximum Gasteiger partial charge on any atom is 0.0948 e. The molecular weight excluding hydrogens is 302 g/mol. The van der Waals surface area contributed by atoms with Crippen molar-refractivity contribution in [3.05, 3.63) is 52.5 Å². The maximum absolute atomic E-state index is 4.18. The number of halogens is 1. The van der Waals surface area contributed by atoms with E-state index in [9.17, 15) is 0 Å². The quantitative estimate of drug-likeness (QED) is 0.883. The van der Waals surface area contributed by atoms with Crippen molar-refractivity contribution in [1.82, 2.24) is 14.9 Å². The second-order valence-corrected chi connectivity index (χ2v) is 5.70. The molecule has 0 fully saturated rings. The third kappa shape index (κ3) is 4.18. The van der Waals surface area contributed by atoms with E-state index in [2.05, 4.69) is 68.9 Å². The molecule has 2 rings (SSSR count). The van der Waals surface area contributed by atoms with Crippen LogP contribution in [0.5, 0.6) is 0 Å². The molecule has 0 amide bonds. The molecule has 1 N–H and O–H groups in total. The standard InChI is InChI=1S/C15H20BrN3/c1-3-19-11-17-9-15(19)10-18-12(2)8-13-4-6-14(16)7-5-13/h4-7,9,11-12,18H,3,8,10H2,1-2H3. The fraction of sp³-hybridized carbons (Fsp3) is 0.400. The van der Waals surface area contributed by atoms with E-state index >= 15 is 0 Å². The first kappa shape index (κ1) is 14.3. The van der Waals surface area contributed by atoms with E-state index in [1.165, 1.54) is 11.3 Å². The Labute approximate surface area is 123 Å². The summed E-state index contributed by atoms with van der Waals surface area (Å²) in [6.07, 6.45) is 4.85. The van der Waals surface area contributed by atoms with Crippen LogP contribution in [0.15, 0.2) is 41.3 Å². The normalized spacial score (nSPS) is 12.6. The molecule has 1 unspecified atom stereocenters. The smallest absolute Gasteiger partial charge is 0.0948 e. The van der Waals surface area contributed by atoms with Gasteiger partial charge in [-0.25, -0.2) is 4.98 Å². The molecule has 102 valence electrons. The van der Waals surface area contributed by atoms with Crippen molar-refractivity contribution in [3.63, 3.8) is 0 Å². The molecule has 0 aliphatic rings. The number of aromatic nitrogens is 2. The van der Waals surface area contributed by atoms with Crippen LogP contribution in [0.25, 0.3) is 0 Å². The Morgan fingerprint density at radius 2 is 2.05 bits per heavy atom. The van der Waals surface area contributed by atoms with Gasteiger partial charge >= 0.3 is 0 Å². The van der Waals surface area contributed by atoms with Gasteiger partial charge < -0.3 is 9.88 Å². The molecule has 0 saturated carbocycles. The molecule has 4 heteroatoms. The first-order valence-electron chi connectivity index (χ1n) is 6.66. The first-order valence-corrected chi connectivity index (χ1v) is 7.45. The van der Waals surface area contributed by atoms with Crippen LogP contribution >= 0.6 is 15.9 Å². The van der Waals surface area contributed by atoms with Crippen molar-refractivity contribution in [2.75, 3.05) is 0 Å². The highest BCUT2D eigenvalue weighted by Crippen LogP contribution is 2.12. The van der Waals surface area contributed by atoms with Crippen LogP contribution in [0.1, 0.15) is 25.1 Å². The van der Waals surface area contributed by atoms with E-state index in [1.54, 1.807) is 0 Å². The minimum atomic E-state index is 0.446. The monoisotopic (exact) mass is 321 g/mol. The van der Waals surface area contributed by atoms with E-state index in [0.29, 0.717) is 6.04 Å². The average Bonchev–Trinajstić information content (AvgIpc) is 2.86. The van der Waals surface area contributed by atoms with Gasteiger partial charge in [-0.2, -0.15) is 0 Å². The molecule has 0 bridgehead atoms. The zero-order chi connectivity index (χ0) is 13.7. The molecule has 1 aromatic carbocycles. The average molecular weight is 322 g/mol. The Balaban J connectivity index is 1.84. The highest BCUT2D eigenvalue weighted by atomic mass is 79.9. The summed E-state index contributed by atoms with van der Waals surface area (Å²) in [5, 5.41) is 3.55. The molecule has 3 nitrogen and oxygen atoms in total. The van der Waals surface area contributed by atoms with Crippen molar-refractivity contribution in [2.45, 2.75) is 39.4 Å².